The third-order valence-corrected chi connectivity index (χ3v) is 4.61. The minimum atomic E-state index is -0.0494. The lowest BCUT2D eigenvalue weighted by Gasteiger charge is -2.35. The van der Waals surface area contributed by atoms with E-state index in [2.05, 4.69) is 35.2 Å². The molecule has 2 heterocycles. The molecule has 1 fully saturated rings. The highest BCUT2D eigenvalue weighted by molar-refractivity contribution is 5.81. The maximum Gasteiger partial charge on any atom is 0.239 e. The highest BCUT2D eigenvalue weighted by Gasteiger charge is 2.28. The first kappa shape index (κ1) is 15.3. The fourth-order valence-corrected chi connectivity index (χ4v) is 3.16. The van der Waals surface area contributed by atoms with Crippen LogP contribution in [0.15, 0.2) is 36.4 Å². The van der Waals surface area contributed by atoms with Gasteiger partial charge >= 0.3 is 0 Å². The number of morpholine rings is 1. The van der Waals surface area contributed by atoms with Crippen LogP contribution in [0.1, 0.15) is 18.9 Å². The molecule has 0 aromatic heterocycles. The van der Waals surface area contributed by atoms with Gasteiger partial charge in [-0.3, -0.25) is 9.69 Å². The maximum atomic E-state index is 12.6. The van der Waals surface area contributed by atoms with Crippen molar-refractivity contribution in [1.82, 2.24) is 9.80 Å². The Morgan fingerprint density at radius 3 is 2.50 bits per heavy atom. The molecule has 2 aliphatic rings. The number of rotatable bonds is 3. The van der Waals surface area contributed by atoms with Gasteiger partial charge in [-0.2, -0.15) is 0 Å². The van der Waals surface area contributed by atoms with E-state index < -0.39 is 0 Å². The fourth-order valence-electron chi connectivity index (χ4n) is 3.16. The van der Waals surface area contributed by atoms with E-state index in [9.17, 15) is 4.79 Å². The molecule has 118 valence electrons. The smallest absolute Gasteiger partial charge is 0.239 e. The predicted molar refractivity (Wildman–Crippen MR) is 87.5 cm³/mol. The zero-order valence-corrected chi connectivity index (χ0v) is 13.2. The van der Waals surface area contributed by atoms with Gasteiger partial charge in [-0.1, -0.05) is 36.4 Å². The van der Waals surface area contributed by atoms with Crippen molar-refractivity contribution in [2.24, 2.45) is 0 Å². The van der Waals surface area contributed by atoms with Crippen molar-refractivity contribution in [3.05, 3.63) is 42.0 Å². The average Bonchev–Trinajstić information content (AvgIpc) is 2.62. The standard InChI is InChI=1S/C18H24N2O2/c1-15(18(21)20-11-13-22-14-12-20)19-9-7-17(8-10-19)16-5-3-2-4-6-16/h2-7,15H,8-14H2,1H3. The summed E-state index contributed by atoms with van der Waals surface area (Å²) >= 11 is 0. The van der Waals surface area contributed by atoms with Crippen LogP contribution >= 0.6 is 0 Å². The second-order valence-electron chi connectivity index (χ2n) is 5.95. The molecule has 3 rings (SSSR count). The molecule has 0 spiro atoms. The van der Waals surface area contributed by atoms with E-state index in [4.69, 9.17) is 4.74 Å². The molecular weight excluding hydrogens is 276 g/mol. The first-order valence-electron chi connectivity index (χ1n) is 8.11. The molecule has 1 unspecified atom stereocenters. The Morgan fingerprint density at radius 2 is 1.86 bits per heavy atom. The predicted octanol–water partition coefficient (Wildman–Crippen LogP) is 2.02. The number of amides is 1. The van der Waals surface area contributed by atoms with Gasteiger partial charge in [-0.15, -0.1) is 0 Å². The van der Waals surface area contributed by atoms with E-state index in [1.54, 1.807) is 0 Å². The van der Waals surface area contributed by atoms with Crippen molar-refractivity contribution in [3.63, 3.8) is 0 Å². The van der Waals surface area contributed by atoms with Gasteiger partial charge in [-0.05, 0) is 24.5 Å². The molecule has 4 heteroatoms. The lowest BCUT2D eigenvalue weighted by Crippen LogP contribution is -2.51. The van der Waals surface area contributed by atoms with Crippen molar-refractivity contribution in [3.8, 4) is 0 Å². The van der Waals surface area contributed by atoms with Crippen LogP contribution in [0.4, 0.5) is 0 Å². The minimum Gasteiger partial charge on any atom is -0.378 e. The van der Waals surface area contributed by atoms with Crippen molar-refractivity contribution in [1.29, 1.82) is 0 Å². The summed E-state index contributed by atoms with van der Waals surface area (Å²) in [6.45, 7) is 6.59. The van der Waals surface area contributed by atoms with Crippen molar-refractivity contribution in [2.45, 2.75) is 19.4 Å². The molecule has 1 aromatic carbocycles. The Labute approximate surface area is 132 Å². The second kappa shape index (κ2) is 7.07. The van der Waals surface area contributed by atoms with E-state index in [1.165, 1.54) is 11.1 Å². The van der Waals surface area contributed by atoms with Gasteiger partial charge < -0.3 is 9.64 Å². The van der Waals surface area contributed by atoms with E-state index >= 15 is 0 Å². The molecule has 0 N–H and O–H groups in total. The monoisotopic (exact) mass is 300 g/mol. The number of carbonyl (C=O) groups excluding carboxylic acids is 1. The second-order valence-corrected chi connectivity index (χ2v) is 5.95. The lowest BCUT2D eigenvalue weighted by molar-refractivity contribution is -0.140. The molecule has 0 saturated carbocycles. The van der Waals surface area contributed by atoms with Gasteiger partial charge in [0.25, 0.3) is 0 Å². The molecule has 1 amide bonds. The molecule has 0 bridgehead atoms. The molecule has 0 radical (unpaired) electrons. The van der Waals surface area contributed by atoms with Crippen molar-refractivity contribution in [2.75, 3.05) is 39.4 Å². The van der Waals surface area contributed by atoms with E-state index in [0.717, 1.165) is 32.6 Å². The number of ether oxygens (including phenoxy) is 1. The van der Waals surface area contributed by atoms with Crippen LogP contribution in [0, 0.1) is 0 Å². The molecule has 0 aliphatic carbocycles. The third kappa shape index (κ3) is 3.39. The molecule has 1 saturated heterocycles. The zero-order valence-electron chi connectivity index (χ0n) is 13.2. The van der Waals surface area contributed by atoms with Gasteiger partial charge in [0, 0.05) is 26.2 Å². The summed E-state index contributed by atoms with van der Waals surface area (Å²) in [5.41, 5.74) is 2.69. The molecular formula is C18H24N2O2. The SMILES string of the molecule is CC(C(=O)N1CCOCC1)N1CC=C(c2ccccc2)CC1. The summed E-state index contributed by atoms with van der Waals surface area (Å²) in [4.78, 5) is 16.8. The summed E-state index contributed by atoms with van der Waals surface area (Å²) < 4.78 is 5.32. The highest BCUT2D eigenvalue weighted by atomic mass is 16.5. The largest absolute Gasteiger partial charge is 0.378 e. The Hall–Kier alpha value is -1.65. The van der Waals surface area contributed by atoms with Crippen molar-refractivity contribution >= 4 is 11.5 Å². The molecule has 22 heavy (non-hydrogen) atoms. The highest BCUT2D eigenvalue weighted by Crippen LogP contribution is 2.23. The Kier molecular flexibility index (Phi) is 4.90. The van der Waals surface area contributed by atoms with Crippen LogP contribution in [-0.4, -0.2) is 61.1 Å². The van der Waals surface area contributed by atoms with Crippen LogP contribution in [0.25, 0.3) is 5.57 Å². The van der Waals surface area contributed by atoms with Crippen LogP contribution in [0.2, 0.25) is 0 Å². The quantitative estimate of drug-likeness (QED) is 0.856. The Balaban J connectivity index is 1.60. The minimum absolute atomic E-state index is 0.0494. The fraction of sp³-hybridized carbons (Fsp3) is 0.500. The topological polar surface area (TPSA) is 32.8 Å². The molecule has 1 aromatic rings. The molecule has 4 nitrogen and oxygen atoms in total. The summed E-state index contributed by atoms with van der Waals surface area (Å²) in [6.07, 6.45) is 3.27. The van der Waals surface area contributed by atoms with E-state index in [1.807, 2.05) is 17.9 Å². The summed E-state index contributed by atoms with van der Waals surface area (Å²) in [5, 5.41) is 0. The first-order chi connectivity index (χ1) is 10.8. The maximum absolute atomic E-state index is 12.6. The van der Waals surface area contributed by atoms with Crippen molar-refractivity contribution < 1.29 is 9.53 Å². The van der Waals surface area contributed by atoms with Gasteiger partial charge in [0.2, 0.25) is 5.91 Å². The van der Waals surface area contributed by atoms with Crippen LogP contribution in [0.5, 0.6) is 0 Å². The number of nitrogens with zero attached hydrogens (tertiary/aromatic N) is 2. The summed E-state index contributed by atoms with van der Waals surface area (Å²) in [7, 11) is 0. The van der Waals surface area contributed by atoms with Gasteiger partial charge in [0.15, 0.2) is 0 Å². The van der Waals surface area contributed by atoms with Gasteiger partial charge in [-0.25, -0.2) is 0 Å². The third-order valence-electron chi connectivity index (χ3n) is 4.61. The molecule has 2 aliphatic heterocycles. The van der Waals surface area contributed by atoms with Crippen LogP contribution in [0.3, 0.4) is 0 Å². The van der Waals surface area contributed by atoms with E-state index in [0.29, 0.717) is 13.2 Å². The van der Waals surface area contributed by atoms with Gasteiger partial charge in [0.05, 0.1) is 19.3 Å². The molecule has 1 atom stereocenters. The first-order valence-corrected chi connectivity index (χ1v) is 8.11. The summed E-state index contributed by atoms with van der Waals surface area (Å²) in [5.74, 6) is 0.236. The number of hydrogen-bond donors (Lipinski definition) is 0. The Bertz CT molecular complexity index is 535. The summed E-state index contributed by atoms with van der Waals surface area (Å²) in [6, 6.07) is 10.5. The van der Waals surface area contributed by atoms with Crippen LogP contribution in [-0.2, 0) is 9.53 Å². The number of hydrogen-bond acceptors (Lipinski definition) is 3. The van der Waals surface area contributed by atoms with Gasteiger partial charge in [0.1, 0.15) is 0 Å². The Morgan fingerprint density at radius 1 is 1.14 bits per heavy atom. The number of benzene rings is 1. The lowest BCUT2D eigenvalue weighted by atomic mass is 9.99. The normalized spacial score (nSPS) is 21.3. The van der Waals surface area contributed by atoms with Crippen LogP contribution < -0.4 is 0 Å². The van der Waals surface area contributed by atoms with E-state index in [-0.39, 0.29) is 11.9 Å². The zero-order chi connectivity index (χ0) is 15.4. The average molecular weight is 300 g/mol. The number of carbonyl (C=O) groups is 1.